The van der Waals surface area contributed by atoms with E-state index in [9.17, 15) is 4.21 Å². The molecule has 0 aromatic heterocycles. The molecule has 0 radical (unpaired) electrons. The van der Waals surface area contributed by atoms with Gasteiger partial charge in [0.15, 0.2) is 5.96 Å². The van der Waals surface area contributed by atoms with Gasteiger partial charge in [0.1, 0.15) is 0 Å². The molecule has 0 aromatic carbocycles. The van der Waals surface area contributed by atoms with E-state index in [-0.39, 0.29) is 28.7 Å². The van der Waals surface area contributed by atoms with Crippen LogP contribution in [0.5, 0.6) is 0 Å². The quantitative estimate of drug-likeness (QED) is 0.377. The molecule has 0 spiro atoms. The molecule has 1 atom stereocenters. The smallest absolute Gasteiger partial charge is 0.191 e. The molecule has 23 heavy (non-hydrogen) atoms. The van der Waals surface area contributed by atoms with Gasteiger partial charge in [-0.3, -0.25) is 9.20 Å². The zero-order chi connectivity index (χ0) is 16.2. The summed E-state index contributed by atoms with van der Waals surface area (Å²) in [5, 5.41) is 6.81. The number of piperidine rings is 1. The minimum atomic E-state index is -0.817. The minimum absolute atomic E-state index is 0. The molecule has 1 unspecified atom stereocenters. The average molecular weight is 456 g/mol. The number of halogens is 1. The van der Waals surface area contributed by atoms with Crippen LogP contribution in [0.1, 0.15) is 46.5 Å². The monoisotopic (exact) mass is 456 g/mol. The summed E-state index contributed by atoms with van der Waals surface area (Å²) in [6, 6.07) is 1.39. The van der Waals surface area contributed by atoms with Gasteiger partial charge in [-0.2, -0.15) is 0 Å². The fourth-order valence-electron chi connectivity index (χ4n) is 2.80. The van der Waals surface area contributed by atoms with Crippen LogP contribution in [0.25, 0.3) is 0 Å². The zero-order valence-electron chi connectivity index (χ0n) is 14.9. The highest BCUT2D eigenvalue weighted by Crippen LogP contribution is 2.29. The van der Waals surface area contributed by atoms with Crippen LogP contribution >= 0.6 is 24.0 Å². The molecule has 0 amide bonds. The van der Waals surface area contributed by atoms with Gasteiger partial charge in [0.05, 0.1) is 0 Å². The number of nitrogens with one attached hydrogen (secondary N) is 2. The predicted octanol–water partition coefficient (Wildman–Crippen LogP) is 1.94. The van der Waals surface area contributed by atoms with Gasteiger partial charge in [-0.25, -0.2) is 0 Å². The Bertz CT molecular complexity index is 413. The third-order valence-corrected chi connectivity index (χ3v) is 6.36. The largest absolute Gasteiger partial charge is 0.355 e. The van der Waals surface area contributed by atoms with E-state index in [4.69, 9.17) is 0 Å². The molecule has 1 saturated carbocycles. The van der Waals surface area contributed by atoms with E-state index < -0.39 is 10.8 Å². The number of hydrogen-bond acceptors (Lipinski definition) is 3. The Morgan fingerprint density at radius 2 is 1.83 bits per heavy atom. The Morgan fingerprint density at radius 1 is 1.22 bits per heavy atom. The van der Waals surface area contributed by atoms with Crippen molar-refractivity contribution in [3.8, 4) is 0 Å². The lowest BCUT2D eigenvalue weighted by Crippen LogP contribution is -2.49. The Hall–Kier alpha value is 0.110. The second kappa shape index (κ2) is 9.56. The van der Waals surface area contributed by atoms with Crippen LogP contribution in [0, 0.1) is 0 Å². The van der Waals surface area contributed by atoms with Crippen molar-refractivity contribution in [3.05, 3.63) is 0 Å². The van der Waals surface area contributed by atoms with E-state index in [1.165, 1.54) is 38.8 Å². The molecule has 0 bridgehead atoms. The molecule has 1 aliphatic heterocycles. The number of guanidine groups is 1. The van der Waals surface area contributed by atoms with Crippen molar-refractivity contribution in [2.45, 2.75) is 63.3 Å². The summed E-state index contributed by atoms with van der Waals surface area (Å²) in [5.74, 6) is 1.50. The van der Waals surface area contributed by atoms with E-state index in [1.54, 1.807) is 7.05 Å². The van der Waals surface area contributed by atoms with Crippen molar-refractivity contribution in [1.82, 2.24) is 15.5 Å². The molecule has 5 nitrogen and oxygen atoms in total. The van der Waals surface area contributed by atoms with E-state index in [1.807, 2.05) is 20.8 Å². The molecule has 0 aromatic rings. The van der Waals surface area contributed by atoms with Crippen molar-refractivity contribution in [3.63, 3.8) is 0 Å². The van der Waals surface area contributed by atoms with Gasteiger partial charge in [0.2, 0.25) is 0 Å². The van der Waals surface area contributed by atoms with Crippen LogP contribution in [-0.4, -0.2) is 64.3 Å². The predicted molar refractivity (Wildman–Crippen MR) is 110 cm³/mol. The van der Waals surface area contributed by atoms with E-state index in [0.717, 1.165) is 12.0 Å². The van der Waals surface area contributed by atoms with Crippen LogP contribution in [0.3, 0.4) is 0 Å². The maximum absolute atomic E-state index is 12.0. The first kappa shape index (κ1) is 21.2. The molecule has 1 heterocycles. The number of rotatable bonds is 5. The number of aliphatic imine (C=N–C) groups is 1. The Balaban J connectivity index is 0.00000264. The first-order valence-electron chi connectivity index (χ1n) is 8.50. The summed E-state index contributed by atoms with van der Waals surface area (Å²) in [4.78, 5) is 6.92. The Kier molecular flexibility index (Phi) is 8.79. The number of nitrogens with zero attached hydrogens (tertiary/aromatic N) is 2. The van der Waals surface area contributed by atoms with E-state index in [0.29, 0.717) is 18.3 Å². The fraction of sp³-hybridized carbons (Fsp3) is 0.938. The minimum Gasteiger partial charge on any atom is -0.355 e. The molecule has 2 N–H and O–H groups in total. The molecule has 2 aliphatic rings. The summed E-state index contributed by atoms with van der Waals surface area (Å²) in [6.07, 6.45) is 5.16. The zero-order valence-corrected chi connectivity index (χ0v) is 18.1. The lowest BCUT2D eigenvalue weighted by Gasteiger charge is -2.33. The Morgan fingerprint density at radius 3 is 2.30 bits per heavy atom. The van der Waals surface area contributed by atoms with Gasteiger partial charge in [0, 0.05) is 60.1 Å². The first-order valence-corrected chi connectivity index (χ1v) is 9.82. The van der Waals surface area contributed by atoms with Gasteiger partial charge in [-0.15, -0.1) is 24.0 Å². The highest BCUT2D eigenvalue weighted by Gasteiger charge is 2.31. The van der Waals surface area contributed by atoms with Crippen LogP contribution in [-0.2, 0) is 10.8 Å². The van der Waals surface area contributed by atoms with Crippen molar-refractivity contribution in [2.75, 3.05) is 32.4 Å². The SMILES string of the molecule is CN=C(NCCS(=O)C(C)(C)C)NC1CCN(C2CC2)CC1.I. The maximum Gasteiger partial charge on any atom is 0.191 e. The second-order valence-electron chi connectivity index (χ2n) is 7.35. The highest BCUT2D eigenvalue weighted by atomic mass is 127. The van der Waals surface area contributed by atoms with Gasteiger partial charge in [-0.05, 0) is 46.5 Å². The molecule has 136 valence electrons. The van der Waals surface area contributed by atoms with Gasteiger partial charge in [-0.1, -0.05) is 0 Å². The molecule has 2 rings (SSSR count). The summed E-state index contributed by atoms with van der Waals surface area (Å²) >= 11 is 0. The summed E-state index contributed by atoms with van der Waals surface area (Å²) in [7, 11) is 0.983. The number of hydrogen-bond donors (Lipinski definition) is 2. The molecular formula is C16H33IN4OS. The highest BCUT2D eigenvalue weighted by molar-refractivity contribution is 14.0. The van der Waals surface area contributed by atoms with E-state index >= 15 is 0 Å². The van der Waals surface area contributed by atoms with Gasteiger partial charge >= 0.3 is 0 Å². The van der Waals surface area contributed by atoms with Crippen molar-refractivity contribution < 1.29 is 4.21 Å². The van der Waals surface area contributed by atoms with Crippen molar-refractivity contribution in [2.24, 2.45) is 4.99 Å². The van der Waals surface area contributed by atoms with Crippen LogP contribution in [0.2, 0.25) is 0 Å². The second-order valence-corrected chi connectivity index (χ2v) is 9.67. The number of likely N-dealkylation sites (tertiary alicyclic amines) is 1. The molecule has 1 aliphatic carbocycles. The van der Waals surface area contributed by atoms with Crippen LogP contribution in [0.15, 0.2) is 4.99 Å². The molecule has 7 heteroatoms. The maximum atomic E-state index is 12.0. The third kappa shape index (κ3) is 7.25. The topological polar surface area (TPSA) is 56.7 Å². The Labute approximate surface area is 160 Å². The fourth-order valence-corrected chi connectivity index (χ4v) is 3.70. The first-order chi connectivity index (χ1) is 10.4. The summed E-state index contributed by atoms with van der Waals surface area (Å²) < 4.78 is 11.9. The van der Waals surface area contributed by atoms with Crippen LogP contribution in [0.4, 0.5) is 0 Å². The van der Waals surface area contributed by atoms with Crippen LogP contribution < -0.4 is 10.6 Å². The third-order valence-electron chi connectivity index (χ3n) is 4.42. The summed E-state index contributed by atoms with van der Waals surface area (Å²) in [5.41, 5.74) is 0. The van der Waals surface area contributed by atoms with Gasteiger partial charge in [0.25, 0.3) is 0 Å². The van der Waals surface area contributed by atoms with Crippen molar-refractivity contribution >= 4 is 40.7 Å². The molecule has 2 fully saturated rings. The van der Waals surface area contributed by atoms with Gasteiger partial charge < -0.3 is 15.5 Å². The summed E-state index contributed by atoms with van der Waals surface area (Å²) in [6.45, 7) is 9.16. The normalized spacial score (nSPS) is 22.3. The molecular weight excluding hydrogens is 423 g/mol. The average Bonchev–Trinajstić information content (AvgIpc) is 3.30. The standard InChI is InChI=1S/C16H32N4OS.HI/c1-16(2,3)22(21)12-9-18-15(17-4)19-13-7-10-20(11-8-13)14-5-6-14;/h13-14H,5-12H2,1-4H3,(H2,17,18,19);1H. The van der Waals surface area contributed by atoms with Crippen molar-refractivity contribution in [1.29, 1.82) is 0 Å². The van der Waals surface area contributed by atoms with E-state index in [2.05, 4.69) is 20.5 Å². The lowest BCUT2D eigenvalue weighted by molar-refractivity contribution is 0.197. The molecule has 1 saturated heterocycles. The lowest BCUT2D eigenvalue weighted by atomic mass is 10.1.